The number of nitrogens with zero attached hydrogens (tertiary/aromatic N) is 7. The Balaban J connectivity index is 1.08. The first-order valence-electron chi connectivity index (χ1n) is 15.4. The summed E-state index contributed by atoms with van der Waals surface area (Å²) in [5, 5.41) is 13.9. The van der Waals surface area contributed by atoms with Gasteiger partial charge in [0.25, 0.3) is 0 Å². The summed E-state index contributed by atoms with van der Waals surface area (Å²) in [6.45, 7) is 7.51. The van der Waals surface area contributed by atoms with Crippen LogP contribution >= 0.6 is 11.3 Å². The Morgan fingerprint density at radius 1 is 1.07 bits per heavy atom. The van der Waals surface area contributed by atoms with Crippen molar-refractivity contribution >= 4 is 33.5 Å². The van der Waals surface area contributed by atoms with Crippen molar-refractivity contribution in [2.24, 2.45) is 0 Å². The molecule has 3 saturated heterocycles. The van der Waals surface area contributed by atoms with Gasteiger partial charge in [-0.15, -0.1) is 21.5 Å². The molecule has 7 rings (SSSR count). The monoisotopic (exact) mass is 617 g/mol. The molecule has 3 aliphatic heterocycles. The highest BCUT2D eigenvalue weighted by atomic mass is 32.1. The zero-order valence-corrected chi connectivity index (χ0v) is 26.5. The highest BCUT2D eigenvalue weighted by Crippen LogP contribution is 2.38. The normalized spacial score (nSPS) is 24.0. The standard InChI is InChI=1S/C32H39N7O4S/c1-32(2,3)43-31(40)39-22-13-21(14-23(39)18-41-17-22)37(4)27-11-10-26(35-36-27)25-9-8-24(29-30(25)44-19-33-29)20-15-34-38(16-20)28-7-5-6-12-42-28/h8-11,15-16,19,21-23,28H,5-7,12-14,17-18H2,1-4H3/t21?,22-,23?,28?/m1/s1. The largest absolute Gasteiger partial charge is 0.444 e. The number of morpholine rings is 1. The highest BCUT2D eigenvalue weighted by Gasteiger charge is 2.44. The fourth-order valence-electron chi connectivity index (χ4n) is 6.61. The lowest BCUT2D eigenvalue weighted by Crippen LogP contribution is -2.62. The number of thiazole rings is 1. The van der Waals surface area contributed by atoms with Gasteiger partial charge in [-0.1, -0.05) is 12.1 Å². The number of ether oxygens (including phenoxy) is 3. The van der Waals surface area contributed by atoms with Crippen molar-refractivity contribution in [3.63, 3.8) is 0 Å². The van der Waals surface area contributed by atoms with Crippen molar-refractivity contribution in [1.82, 2.24) is 29.9 Å². The average Bonchev–Trinajstić information content (AvgIpc) is 3.70. The Kier molecular flexibility index (Phi) is 7.75. The molecule has 4 aromatic rings. The number of aromatic nitrogens is 5. The lowest BCUT2D eigenvalue weighted by Gasteiger charge is -2.50. The number of rotatable bonds is 5. The number of carbonyl (C=O) groups excluding carboxylic acids is 1. The molecular formula is C32H39N7O4S. The van der Waals surface area contributed by atoms with Crippen molar-refractivity contribution in [1.29, 1.82) is 0 Å². The second kappa shape index (κ2) is 11.7. The quantitative estimate of drug-likeness (QED) is 0.270. The molecule has 0 saturated carbocycles. The van der Waals surface area contributed by atoms with Gasteiger partial charge in [-0.3, -0.25) is 4.90 Å². The molecule has 12 heteroatoms. The van der Waals surface area contributed by atoms with Crippen LogP contribution in [-0.4, -0.2) is 86.5 Å². The van der Waals surface area contributed by atoms with E-state index in [1.54, 1.807) is 11.3 Å². The summed E-state index contributed by atoms with van der Waals surface area (Å²) in [5.41, 5.74) is 6.17. The van der Waals surface area contributed by atoms with E-state index >= 15 is 0 Å². The van der Waals surface area contributed by atoms with Crippen LogP contribution < -0.4 is 4.90 Å². The highest BCUT2D eigenvalue weighted by molar-refractivity contribution is 7.17. The van der Waals surface area contributed by atoms with Gasteiger partial charge in [-0.25, -0.2) is 14.5 Å². The number of hydrogen-bond donors (Lipinski definition) is 0. The fraction of sp³-hybridized carbons (Fsp3) is 0.531. The summed E-state index contributed by atoms with van der Waals surface area (Å²) < 4.78 is 20.5. The zero-order valence-electron chi connectivity index (χ0n) is 25.7. The maximum atomic E-state index is 13.0. The average molecular weight is 618 g/mol. The van der Waals surface area contributed by atoms with Gasteiger partial charge in [0.1, 0.15) is 11.8 Å². The SMILES string of the molecule is CN(c1ccc(-c2ccc(-c3cnn(C4CCCCO4)c3)c3ncsc23)nn1)C1CC2COC[C@@H](C1)N2C(=O)OC(C)(C)C. The molecule has 0 spiro atoms. The van der Waals surface area contributed by atoms with E-state index in [2.05, 4.69) is 45.6 Å². The molecule has 0 aliphatic carbocycles. The Morgan fingerprint density at radius 3 is 2.57 bits per heavy atom. The van der Waals surface area contributed by atoms with E-state index in [-0.39, 0.29) is 30.4 Å². The number of hydrogen-bond acceptors (Lipinski definition) is 10. The van der Waals surface area contributed by atoms with E-state index in [9.17, 15) is 4.79 Å². The van der Waals surface area contributed by atoms with Gasteiger partial charge in [-0.2, -0.15) is 5.10 Å². The Bertz CT molecular complexity index is 1610. The Hall–Kier alpha value is -3.61. The van der Waals surface area contributed by atoms with E-state index in [1.165, 1.54) is 0 Å². The first kappa shape index (κ1) is 29.1. The lowest BCUT2D eigenvalue weighted by molar-refractivity contribution is -0.0820. The van der Waals surface area contributed by atoms with Crippen molar-refractivity contribution in [3.05, 3.63) is 42.2 Å². The molecule has 6 heterocycles. The molecule has 4 atom stereocenters. The van der Waals surface area contributed by atoms with Gasteiger partial charge in [0, 0.05) is 42.6 Å². The maximum Gasteiger partial charge on any atom is 0.410 e. The Morgan fingerprint density at radius 2 is 1.86 bits per heavy atom. The van der Waals surface area contributed by atoms with E-state index in [0.29, 0.717) is 13.2 Å². The number of piperidine rings is 1. The number of benzene rings is 1. The maximum absolute atomic E-state index is 13.0. The summed E-state index contributed by atoms with van der Waals surface area (Å²) in [7, 11) is 2.06. The molecule has 2 bridgehead atoms. The van der Waals surface area contributed by atoms with Crippen LogP contribution in [0.2, 0.25) is 0 Å². The molecule has 1 aromatic carbocycles. The molecule has 0 radical (unpaired) electrons. The summed E-state index contributed by atoms with van der Waals surface area (Å²) in [5.74, 6) is 0.804. The van der Waals surface area contributed by atoms with Crippen LogP contribution in [0.4, 0.5) is 10.6 Å². The van der Waals surface area contributed by atoms with Gasteiger partial charge in [0.15, 0.2) is 5.82 Å². The number of amides is 1. The molecule has 0 N–H and O–H groups in total. The summed E-state index contributed by atoms with van der Waals surface area (Å²) in [4.78, 5) is 21.8. The molecule has 11 nitrogen and oxygen atoms in total. The zero-order chi connectivity index (χ0) is 30.4. The van der Waals surface area contributed by atoms with Crippen LogP contribution in [0, 0.1) is 0 Å². The summed E-state index contributed by atoms with van der Waals surface area (Å²) >= 11 is 1.61. The molecule has 3 unspecified atom stereocenters. The van der Waals surface area contributed by atoms with Gasteiger partial charge < -0.3 is 19.1 Å². The predicted octanol–water partition coefficient (Wildman–Crippen LogP) is 5.92. The third kappa shape index (κ3) is 5.66. The van der Waals surface area contributed by atoms with Crippen LogP contribution in [0.5, 0.6) is 0 Å². The van der Waals surface area contributed by atoms with Gasteiger partial charge in [0.05, 0.1) is 52.9 Å². The van der Waals surface area contributed by atoms with Gasteiger partial charge >= 0.3 is 6.09 Å². The minimum Gasteiger partial charge on any atom is -0.444 e. The molecular weight excluding hydrogens is 578 g/mol. The first-order valence-corrected chi connectivity index (χ1v) is 16.3. The minimum atomic E-state index is -0.532. The van der Waals surface area contributed by atoms with Gasteiger partial charge in [-0.05, 0) is 65.0 Å². The summed E-state index contributed by atoms with van der Waals surface area (Å²) in [6.07, 6.45) is 8.51. The van der Waals surface area contributed by atoms with Crippen molar-refractivity contribution < 1.29 is 19.0 Å². The third-order valence-corrected chi connectivity index (χ3v) is 9.64. The third-order valence-electron chi connectivity index (χ3n) is 8.78. The summed E-state index contributed by atoms with van der Waals surface area (Å²) in [6, 6.07) is 8.41. The topological polar surface area (TPSA) is 108 Å². The van der Waals surface area contributed by atoms with Crippen LogP contribution in [0.25, 0.3) is 32.6 Å². The second-order valence-electron chi connectivity index (χ2n) is 13.0. The predicted molar refractivity (Wildman–Crippen MR) is 169 cm³/mol. The van der Waals surface area contributed by atoms with Crippen LogP contribution in [0.15, 0.2) is 42.2 Å². The van der Waals surface area contributed by atoms with Crippen molar-refractivity contribution in [2.75, 3.05) is 31.8 Å². The van der Waals surface area contributed by atoms with Crippen LogP contribution in [-0.2, 0) is 14.2 Å². The van der Waals surface area contributed by atoms with Crippen LogP contribution in [0.3, 0.4) is 0 Å². The molecule has 3 aromatic heterocycles. The number of fused-ring (bicyclic) bond motifs is 3. The lowest BCUT2D eigenvalue weighted by atomic mass is 9.89. The van der Waals surface area contributed by atoms with E-state index < -0.39 is 5.60 Å². The van der Waals surface area contributed by atoms with Crippen molar-refractivity contribution in [3.8, 4) is 22.4 Å². The molecule has 44 heavy (non-hydrogen) atoms. The van der Waals surface area contributed by atoms with E-state index in [1.807, 2.05) is 54.2 Å². The fourth-order valence-corrected chi connectivity index (χ4v) is 7.45. The second-order valence-corrected chi connectivity index (χ2v) is 13.8. The van der Waals surface area contributed by atoms with Crippen molar-refractivity contribution in [2.45, 2.75) is 82.8 Å². The van der Waals surface area contributed by atoms with E-state index in [0.717, 1.165) is 77.1 Å². The molecule has 232 valence electrons. The van der Waals surface area contributed by atoms with Gasteiger partial charge in [0.2, 0.25) is 0 Å². The first-order chi connectivity index (χ1) is 21.2. The smallest absolute Gasteiger partial charge is 0.410 e. The van der Waals surface area contributed by atoms with E-state index in [4.69, 9.17) is 19.2 Å². The van der Waals surface area contributed by atoms with Crippen LogP contribution in [0.1, 0.15) is 59.1 Å². The Labute approximate surface area is 261 Å². The molecule has 3 aliphatic rings. The number of anilines is 1. The number of carbonyl (C=O) groups is 1. The minimum absolute atomic E-state index is 0.0000732. The molecule has 1 amide bonds. The molecule has 3 fully saturated rings.